The molecule has 1 N–H and O–H groups in total. The number of nitrogens with zero attached hydrogens (tertiary/aromatic N) is 2. The molecule has 6 nitrogen and oxygen atoms in total. The number of carbonyl (C=O) groups is 2. The summed E-state index contributed by atoms with van der Waals surface area (Å²) in [5.74, 6) is 0.361. The molecule has 0 saturated carbocycles. The highest BCUT2D eigenvalue weighted by atomic mass is 19.1. The van der Waals surface area contributed by atoms with Crippen molar-refractivity contribution in [3.8, 4) is 5.75 Å². The molecule has 0 saturated heterocycles. The lowest BCUT2D eigenvalue weighted by molar-refractivity contribution is -0.134. The van der Waals surface area contributed by atoms with Crippen molar-refractivity contribution >= 4 is 11.8 Å². The van der Waals surface area contributed by atoms with Crippen LogP contribution in [-0.2, 0) is 16.0 Å². The number of fused-ring (bicyclic) bond motifs is 1. The first-order valence-corrected chi connectivity index (χ1v) is 12.5. The molecule has 0 bridgehead atoms. The van der Waals surface area contributed by atoms with Crippen LogP contribution in [0.5, 0.6) is 5.75 Å². The Kier molecular flexibility index (Phi) is 9.26. The minimum Gasteiger partial charge on any atom is -0.481 e. The fraction of sp³-hybridized carbons (Fsp3) is 0.500. The van der Waals surface area contributed by atoms with Crippen molar-refractivity contribution in [2.45, 2.75) is 52.2 Å². The van der Waals surface area contributed by atoms with Crippen molar-refractivity contribution in [1.29, 1.82) is 0 Å². The van der Waals surface area contributed by atoms with Gasteiger partial charge in [-0.2, -0.15) is 0 Å². The van der Waals surface area contributed by atoms with Gasteiger partial charge in [-0.1, -0.05) is 39.0 Å². The number of hydrogen-bond acceptors (Lipinski definition) is 4. The molecule has 3 rings (SSSR count). The fourth-order valence-electron chi connectivity index (χ4n) is 4.44. The number of nitrogens with one attached hydrogen (secondary N) is 1. The molecule has 0 radical (unpaired) electrons. The smallest absolute Gasteiger partial charge is 0.261 e. The van der Waals surface area contributed by atoms with Crippen LogP contribution in [0.2, 0.25) is 0 Å². The van der Waals surface area contributed by atoms with E-state index in [0.717, 1.165) is 23.2 Å². The number of amides is 2. The Morgan fingerprint density at radius 3 is 2.63 bits per heavy atom. The number of benzene rings is 2. The topological polar surface area (TPSA) is 61.9 Å². The van der Waals surface area contributed by atoms with Gasteiger partial charge in [-0.15, -0.1) is 0 Å². The summed E-state index contributed by atoms with van der Waals surface area (Å²) in [6, 6.07) is 11.8. The highest BCUT2D eigenvalue weighted by molar-refractivity contribution is 5.81. The summed E-state index contributed by atoms with van der Waals surface area (Å²) in [4.78, 5) is 29.7. The number of hydrogen-bond donors (Lipinski definition) is 1. The second-order valence-corrected chi connectivity index (χ2v) is 9.86. The van der Waals surface area contributed by atoms with E-state index in [2.05, 4.69) is 5.32 Å². The van der Waals surface area contributed by atoms with Gasteiger partial charge in [0.15, 0.2) is 6.10 Å². The Labute approximate surface area is 208 Å². The molecule has 0 spiro atoms. The van der Waals surface area contributed by atoms with Gasteiger partial charge in [-0.3, -0.25) is 9.59 Å². The lowest BCUT2D eigenvalue weighted by atomic mass is 9.87. The quantitative estimate of drug-likeness (QED) is 0.551. The number of rotatable bonds is 10. The third kappa shape index (κ3) is 7.04. The molecule has 2 aromatic carbocycles. The molecule has 1 aliphatic heterocycles. The Bertz CT molecular complexity index is 1020. The standard InChI is InChI=1S/C28H38FN3O3/c1-6-25(28(34)30-13-15-31(4)5)35-23-11-10-20-12-14-32(26(33)16-19(2)3)27(24(20)18-23)21-8-7-9-22(29)17-21/h7-11,17-19,25,27H,6,12-16H2,1-5H3,(H,30,34). The Hall–Kier alpha value is -2.93. The van der Waals surface area contributed by atoms with Crippen LogP contribution in [-0.4, -0.2) is 61.4 Å². The summed E-state index contributed by atoms with van der Waals surface area (Å²) in [7, 11) is 3.91. The molecule has 1 heterocycles. The Morgan fingerprint density at radius 1 is 1.20 bits per heavy atom. The molecule has 0 aliphatic carbocycles. The van der Waals surface area contributed by atoms with Crippen LogP contribution in [0, 0.1) is 11.7 Å². The molecule has 35 heavy (non-hydrogen) atoms. The number of likely N-dealkylation sites (N-methyl/N-ethyl adjacent to an activating group) is 1. The average molecular weight is 484 g/mol. The number of halogens is 1. The van der Waals surface area contributed by atoms with E-state index in [9.17, 15) is 14.0 Å². The van der Waals surface area contributed by atoms with E-state index in [-0.39, 0.29) is 23.5 Å². The number of carbonyl (C=O) groups excluding carboxylic acids is 2. The minimum absolute atomic E-state index is 0.0536. The van der Waals surface area contributed by atoms with Crippen LogP contribution in [0.1, 0.15) is 56.3 Å². The zero-order valence-corrected chi connectivity index (χ0v) is 21.5. The summed E-state index contributed by atoms with van der Waals surface area (Å²) in [6.07, 6.45) is 1.05. The minimum atomic E-state index is -0.620. The first-order chi connectivity index (χ1) is 16.7. The third-order valence-corrected chi connectivity index (χ3v) is 6.21. The van der Waals surface area contributed by atoms with E-state index in [4.69, 9.17) is 4.74 Å². The van der Waals surface area contributed by atoms with Crippen LogP contribution >= 0.6 is 0 Å². The first kappa shape index (κ1) is 26.7. The molecule has 7 heteroatoms. The van der Waals surface area contributed by atoms with E-state index in [1.54, 1.807) is 6.07 Å². The molecular weight excluding hydrogens is 445 g/mol. The lowest BCUT2D eigenvalue weighted by Crippen LogP contribution is -2.41. The second-order valence-electron chi connectivity index (χ2n) is 9.86. The maximum atomic E-state index is 14.2. The summed E-state index contributed by atoms with van der Waals surface area (Å²) in [5.41, 5.74) is 2.75. The van der Waals surface area contributed by atoms with Gasteiger partial charge in [0.1, 0.15) is 11.6 Å². The van der Waals surface area contributed by atoms with Crippen LogP contribution in [0.4, 0.5) is 4.39 Å². The van der Waals surface area contributed by atoms with E-state index >= 15 is 0 Å². The van der Waals surface area contributed by atoms with Gasteiger partial charge in [-0.05, 0) is 73.8 Å². The van der Waals surface area contributed by atoms with Crippen LogP contribution in [0.25, 0.3) is 0 Å². The predicted octanol–water partition coefficient (Wildman–Crippen LogP) is 4.18. The molecular formula is C28H38FN3O3. The van der Waals surface area contributed by atoms with E-state index in [1.807, 2.05) is 68.9 Å². The van der Waals surface area contributed by atoms with Crippen molar-refractivity contribution in [1.82, 2.24) is 15.1 Å². The molecule has 2 aromatic rings. The van der Waals surface area contributed by atoms with Gasteiger partial charge in [0, 0.05) is 26.1 Å². The average Bonchev–Trinajstić information content (AvgIpc) is 2.80. The molecule has 2 atom stereocenters. The van der Waals surface area contributed by atoms with Crippen molar-refractivity contribution in [2.24, 2.45) is 5.92 Å². The monoisotopic (exact) mass is 483 g/mol. The third-order valence-electron chi connectivity index (χ3n) is 6.21. The second kappa shape index (κ2) is 12.2. The lowest BCUT2D eigenvalue weighted by Gasteiger charge is -2.38. The molecule has 190 valence electrons. The SMILES string of the molecule is CCC(Oc1ccc2c(c1)C(c1cccc(F)c1)N(C(=O)CC(C)C)CC2)C(=O)NCCN(C)C. The first-order valence-electron chi connectivity index (χ1n) is 12.5. The predicted molar refractivity (Wildman–Crippen MR) is 136 cm³/mol. The molecule has 0 aromatic heterocycles. The van der Waals surface area contributed by atoms with Gasteiger partial charge < -0.3 is 19.9 Å². The van der Waals surface area contributed by atoms with Gasteiger partial charge in [0.2, 0.25) is 5.91 Å². The highest BCUT2D eigenvalue weighted by Crippen LogP contribution is 2.38. The number of ether oxygens (including phenoxy) is 1. The Morgan fingerprint density at radius 2 is 1.97 bits per heavy atom. The summed E-state index contributed by atoms with van der Waals surface area (Å²) in [6.45, 7) is 7.82. The van der Waals surface area contributed by atoms with Crippen LogP contribution in [0.3, 0.4) is 0 Å². The van der Waals surface area contributed by atoms with Gasteiger partial charge in [-0.25, -0.2) is 4.39 Å². The van der Waals surface area contributed by atoms with Crippen LogP contribution in [0.15, 0.2) is 42.5 Å². The van der Waals surface area contributed by atoms with Crippen LogP contribution < -0.4 is 10.1 Å². The molecule has 2 unspecified atom stereocenters. The van der Waals surface area contributed by atoms with Gasteiger partial charge in [0.25, 0.3) is 5.91 Å². The normalized spacial score (nSPS) is 16.2. The van der Waals surface area contributed by atoms with Crippen molar-refractivity contribution in [2.75, 3.05) is 33.7 Å². The van der Waals surface area contributed by atoms with Gasteiger partial charge >= 0.3 is 0 Å². The molecule has 1 aliphatic rings. The fourth-order valence-corrected chi connectivity index (χ4v) is 4.44. The maximum absolute atomic E-state index is 14.2. The largest absolute Gasteiger partial charge is 0.481 e. The Balaban J connectivity index is 1.90. The summed E-state index contributed by atoms with van der Waals surface area (Å²) in [5, 5.41) is 2.93. The zero-order valence-electron chi connectivity index (χ0n) is 21.5. The van der Waals surface area contributed by atoms with Crippen molar-refractivity contribution < 1.29 is 18.7 Å². The van der Waals surface area contributed by atoms with Gasteiger partial charge in [0.05, 0.1) is 6.04 Å². The molecule has 0 fully saturated rings. The van der Waals surface area contributed by atoms with E-state index in [1.165, 1.54) is 12.1 Å². The zero-order chi connectivity index (χ0) is 25.5. The highest BCUT2D eigenvalue weighted by Gasteiger charge is 2.33. The summed E-state index contributed by atoms with van der Waals surface area (Å²) >= 11 is 0. The molecule has 2 amide bonds. The van der Waals surface area contributed by atoms with E-state index in [0.29, 0.717) is 38.1 Å². The van der Waals surface area contributed by atoms with Crippen molar-refractivity contribution in [3.05, 3.63) is 65.0 Å². The maximum Gasteiger partial charge on any atom is 0.261 e. The van der Waals surface area contributed by atoms with Crippen molar-refractivity contribution in [3.63, 3.8) is 0 Å². The summed E-state index contributed by atoms with van der Waals surface area (Å²) < 4.78 is 20.3. The van der Waals surface area contributed by atoms with E-state index < -0.39 is 12.1 Å².